The molecule has 1 aromatic carbocycles. The lowest BCUT2D eigenvalue weighted by Crippen LogP contribution is -2.37. The number of carbonyl (C=O) groups is 1. The summed E-state index contributed by atoms with van der Waals surface area (Å²) in [5, 5.41) is 6.63. The summed E-state index contributed by atoms with van der Waals surface area (Å²) in [6.45, 7) is 14.0. The van der Waals surface area contributed by atoms with Gasteiger partial charge in [0.1, 0.15) is 5.60 Å². The second-order valence-electron chi connectivity index (χ2n) is 8.18. The number of benzene rings is 1. The number of aliphatic imine (C=N–C) groups is 1. The Balaban J connectivity index is 0.00000900. The van der Waals surface area contributed by atoms with E-state index >= 15 is 0 Å². The van der Waals surface area contributed by atoms with Gasteiger partial charge in [-0.25, -0.2) is 9.79 Å². The summed E-state index contributed by atoms with van der Waals surface area (Å²) in [7, 11) is 1.75. The lowest BCUT2D eigenvalue weighted by Gasteiger charge is -2.24. The van der Waals surface area contributed by atoms with Crippen LogP contribution in [0.3, 0.4) is 0 Å². The number of nitrogens with one attached hydrogen (secondary N) is 2. The minimum atomic E-state index is -0.491. The number of hydrogen-bond donors (Lipinski definition) is 2. The van der Waals surface area contributed by atoms with Gasteiger partial charge in [-0.15, -0.1) is 24.0 Å². The van der Waals surface area contributed by atoms with Crippen LogP contribution in [0.1, 0.15) is 58.6 Å². The molecule has 8 heteroatoms. The zero-order valence-corrected chi connectivity index (χ0v) is 22.3. The molecule has 7 nitrogen and oxygen atoms in total. The van der Waals surface area contributed by atoms with Gasteiger partial charge in [-0.1, -0.05) is 24.3 Å². The maximum atomic E-state index is 12.1. The van der Waals surface area contributed by atoms with E-state index in [0.29, 0.717) is 13.1 Å². The number of halogens is 1. The number of nitrogens with zero attached hydrogens (tertiary/aromatic N) is 2. The molecule has 0 aliphatic rings. The molecule has 0 atom stereocenters. The maximum Gasteiger partial charge on any atom is 0.410 e. The van der Waals surface area contributed by atoms with Crippen LogP contribution in [0, 0.1) is 0 Å². The van der Waals surface area contributed by atoms with Crippen LogP contribution in [0.2, 0.25) is 0 Å². The lowest BCUT2D eigenvalue weighted by molar-refractivity contribution is 0.0285. The SMILES string of the molecule is CCNC(=NCc1ccc(CN(C)C(=O)OC(C)(C)C)cc1)NCCCCOCC.I. The van der Waals surface area contributed by atoms with Gasteiger partial charge in [0.25, 0.3) is 0 Å². The Bertz CT molecular complexity index is 645. The Morgan fingerprint density at radius 1 is 1.06 bits per heavy atom. The first-order valence-electron chi connectivity index (χ1n) is 10.9. The number of ether oxygens (including phenoxy) is 2. The van der Waals surface area contributed by atoms with Crippen LogP contribution >= 0.6 is 24.0 Å². The molecule has 31 heavy (non-hydrogen) atoms. The van der Waals surface area contributed by atoms with Crippen molar-refractivity contribution in [3.63, 3.8) is 0 Å². The molecule has 0 aromatic heterocycles. The Kier molecular flexibility index (Phi) is 15.3. The Morgan fingerprint density at radius 2 is 1.71 bits per heavy atom. The van der Waals surface area contributed by atoms with Crippen molar-refractivity contribution >= 4 is 36.0 Å². The molecule has 1 amide bonds. The summed E-state index contributed by atoms with van der Waals surface area (Å²) in [4.78, 5) is 18.3. The van der Waals surface area contributed by atoms with E-state index in [1.807, 2.05) is 52.0 Å². The summed E-state index contributed by atoms with van der Waals surface area (Å²) >= 11 is 0. The molecule has 1 rings (SSSR count). The average molecular weight is 549 g/mol. The number of amides is 1. The van der Waals surface area contributed by atoms with Crippen molar-refractivity contribution in [2.24, 2.45) is 4.99 Å². The fourth-order valence-corrected chi connectivity index (χ4v) is 2.62. The van der Waals surface area contributed by atoms with Crippen LogP contribution in [0.5, 0.6) is 0 Å². The van der Waals surface area contributed by atoms with Gasteiger partial charge in [0.2, 0.25) is 0 Å². The van der Waals surface area contributed by atoms with Gasteiger partial charge in [0, 0.05) is 39.9 Å². The second kappa shape index (κ2) is 16.1. The summed E-state index contributed by atoms with van der Waals surface area (Å²) < 4.78 is 10.8. The van der Waals surface area contributed by atoms with E-state index in [4.69, 9.17) is 9.47 Å². The highest BCUT2D eigenvalue weighted by Gasteiger charge is 2.19. The van der Waals surface area contributed by atoms with Crippen molar-refractivity contribution in [1.29, 1.82) is 0 Å². The number of hydrogen-bond acceptors (Lipinski definition) is 4. The molecular weight excluding hydrogens is 507 g/mol. The van der Waals surface area contributed by atoms with Gasteiger partial charge in [0.05, 0.1) is 6.54 Å². The first-order valence-corrected chi connectivity index (χ1v) is 10.9. The zero-order chi connectivity index (χ0) is 22.4. The van der Waals surface area contributed by atoms with Crippen molar-refractivity contribution in [1.82, 2.24) is 15.5 Å². The molecule has 0 unspecified atom stereocenters. The van der Waals surface area contributed by atoms with Gasteiger partial charge in [-0.2, -0.15) is 0 Å². The summed E-state index contributed by atoms with van der Waals surface area (Å²) in [5.41, 5.74) is 1.68. The van der Waals surface area contributed by atoms with Gasteiger partial charge >= 0.3 is 6.09 Å². The largest absolute Gasteiger partial charge is 0.444 e. The fraction of sp³-hybridized carbons (Fsp3) is 0.652. The minimum Gasteiger partial charge on any atom is -0.444 e. The van der Waals surface area contributed by atoms with Crippen LogP contribution < -0.4 is 10.6 Å². The first kappa shape index (κ1) is 29.5. The molecule has 0 aliphatic carbocycles. The zero-order valence-electron chi connectivity index (χ0n) is 20.0. The standard InChI is InChI=1S/C23H40N4O3.HI/c1-7-24-21(25-15-9-10-16-29-8-2)26-17-19-11-13-20(14-12-19)18-27(6)22(28)30-23(3,4)5;/h11-14H,7-10,15-18H2,1-6H3,(H2,24,25,26);1H. The highest BCUT2D eigenvalue weighted by Crippen LogP contribution is 2.12. The van der Waals surface area contributed by atoms with E-state index in [1.54, 1.807) is 11.9 Å². The number of rotatable bonds is 11. The molecule has 2 N–H and O–H groups in total. The molecule has 0 bridgehead atoms. The average Bonchev–Trinajstić information content (AvgIpc) is 2.68. The van der Waals surface area contributed by atoms with Crippen LogP contribution in [0.25, 0.3) is 0 Å². The van der Waals surface area contributed by atoms with Crippen LogP contribution in [0.4, 0.5) is 4.79 Å². The van der Waals surface area contributed by atoms with Crippen molar-refractivity contribution in [3.8, 4) is 0 Å². The predicted molar refractivity (Wildman–Crippen MR) is 138 cm³/mol. The second-order valence-corrected chi connectivity index (χ2v) is 8.18. The summed E-state index contributed by atoms with van der Waals surface area (Å²) in [6, 6.07) is 8.15. The van der Waals surface area contributed by atoms with Crippen molar-refractivity contribution < 1.29 is 14.3 Å². The Hall–Kier alpha value is -1.55. The third-order valence-electron chi connectivity index (χ3n) is 4.12. The summed E-state index contributed by atoms with van der Waals surface area (Å²) in [6.07, 6.45) is 1.77. The van der Waals surface area contributed by atoms with Gasteiger partial charge < -0.3 is 25.0 Å². The number of unbranched alkanes of at least 4 members (excludes halogenated alkanes) is 1. The van der Waals surface area contributed by atoms with E-state index in [-0.39, 0.29) is 30.1 Å². The molecule has 0 aliphatic heterocycles. The highest BCUT2D eigenvalue weighted by molar-refractivity contribution is 14.0. The molecule has 0 radical (unpaired) electrons. The molecule has 0 saturated heterocycles. The smallest absolute Gasteiger partial charge is 0.410 e. The van der Waals surface area contributed by atoms with Crippen LogP contribution in [-0.4, -0.2) is 55.9 Å². The number of carbonyl (C=O) groups excluding carboxylic acids is 1. The third kappa shape index (κ3) is 14.2. The van der Waals surface area contributed by atoms with Gasteiger partial charge in [-0.05, 0) is 58.6 Å². The fourth-order valence-electron chi connectivity index (χ4n) is 2.62. The lowest BCUT2D eigenvalue weighted by atomic mass is 10.1. The van der Waals surface area contributed by atoms with Gasteiger partial charge in [-0.3, -0.25) is 0 Å². The molecule has 0 spiro atoms. The third-order valence-corrected chi connectivity index (χ3v) is 4.12. The Morgan fingerprint density at radius 3 is 2.29 bits per heavy atom. The van der Waals surface area contributed by atoms with Crippen molar-refractivity contribution in [2.45, 2.75) is 66.2 Å². The quantitative estimate of drug-likeness (QED) is 0.184. The monoisotopic (exact) mass is 548 g/mol. The topological polar surface area (TPSA) is 75.2 Å². The Labute approximate surface area is 205 Å². The molecule has 1 aromatic rings. The molecular formula is C23H41IN4O3. The van der Waals surface area contributed by atoms with E-state index in [9.17, 15) is 4.79 Å². The van der Waals surface area contributed by atoms with E-state index in [1.165, 1.54) is 0 Å². The van der Waals surface area contributed by atoms with E-state index in [0.717, 1.165) is 56.2 Å². The highest BCUT2D eigenvalue weighted by atomic mass is 127. The number of guanidine groups is 1. The van der Waals surface area contributed by atoms with E-state index < -0.39 is 5.60 Å². The molecule has 0 saturated carbocycles. The van der Waals surface area contributed by atoms with Crippen molar-refractivity contribution in [3.05, 3.63) is 35.4 Å². The first-order chi connectivity index (χ1) is 14.2. The molecule has 0 heterocycles. The normalized spacial score (nSPS) is 11.5. The van der Waals surface area contributed by atoms with Gasteiger partial charge in [0.15, 0.2) is 5.96 Å². The van der Waals surface area contributed by atoms with Crippen LogP contribution in [-0.2, 0) is 22.6 Å². The van der Waals surface area contributed by atoms with E-state index in [2.05, 4.69) is 22.5 Å². The summed E-state index contributed by atoms with van der Waals surface area (Å²) in [5.74, 6) is 0.822. The predicted octanol–water partition coefficient (Wildman–Crippen LogP) is 4.54. The van der Waals surface area contributed by atoms with Crippen LogP contribution in [0.15, 0.2) is 29.3 Å². The molecule has 178 valence electrons. The molecule has 0 fully saturated rings. The minimum absolute atomic E-state index is 0. The maximum absolute atomic E-state index is 12.1. The van der Waals surface area contributed by atoms with Crippen molar-refractivity contribution in [2.75, 3.05) is 33.4 Å².